The van der Waals surface area contributed by atoms with Crippen LogP contribution in [0.1, 0.15) is 15.2 Å². The Bertz CT molecular complexity index is 601. The Balaban J connectivity index is 2.44. The number of nitrogens with zero attached hydrogens (tertiary/aromatic N) is 2. The average Bonchev–Trinajstić information content (AvgIpc) is 2.81. The molecule has 0 aromatic carbocycles. The van der Waals surface area contributed by atoms with Crippen molar-refractivity contribution in [3.8, 4) is 10.6 Å². The third kappa shape index (κ3) is 2.23. The Labute approximate surface area is 103 Å². The molecule has 0 aliphatic rings. The van der Waals surface area contributed by atoms with Gasteiger partial charge in [-0.2, -0.15) is 9.78 Å². The fraction of sp³-hybridized carbons (Fsp3) is 0.200. The van der Waals surface area contributed by atoms with Crippen LogP contribution in [0.25, 0.3) is 10.6 Å². The molecule has 0 atom stereocenters. The van der Waals surface area contributed by atoms with Crippen LogP contribution in [0.15, 0.2) is 18.3 Å². The Morgan fingerprint density at radius 1 is 1.44 bits per heavy atom. The Hall–Kier alpha value is -1.83. The molecule has 2 aromatic rings. The van der Waals surface area contributed by atoms with Gasteiger partial charge in [-0.3, -0.25) is 0 Å². The van der Waals surface area contributed by atoms with Crippen molar-refractivity contribution >= 4 is 17.3 Å². The first kappa shape index (κ1) is 12.6. The van der Waals surface area contributed by atoms with Gasteiger partial charge in [-0.15, -0.1) is 24.5 Å². The van der Waals surface area contributed by atoms with Crippen LogP contribution >= 0.6 is 11.3 Å². The van der Waals surface area contributed by atoms with Gasteiger partial charge in [0, 0.05) is 6.20 Å². The molecule has 4 nitrogen and oxygen atoms in total. The second-order valence-electron chi connectivity index (χ2n) is 3.54. The number of hydrogen-bond acceptors (Lipinski definition) is 3. The minimum atomic E-state index is -4.57. The number of aromatic nitrogens is 2. The van der Waals surface area contributed by atoms with E-state index in [9.17, 15) is 18.0 Å². The molecule has 0 amide bonds. The van der Waals surface area contributed by atoms with Gasteiger partial charge in [-0.1, -0.05) is 0 Å². The van der Waals surface area contributed by atoms with Crippen LogP contribution in [0.4, 0.5) is 13.2 Å². The van der Waals surface area contributed by atoms with Crippen LogP contribution in [-0.4, -0.2) is 20.9 Å². The van der Waals surface area contributed by atoms with E-state index in [2.05, 4.69) is 5.10 Å². The van der Waals surface area contributed by atoms with Gasteiger partial charge in [0.15, 0.2) is 0 Å². The van der Waals surface area contributed by atoms with Gasteiger partial charge in [-0.05, 0) is 24.6 Å². The summed E-state index contributed by atoms with van der Waals surface area (Å²) in [5.41, 5.74) is 0.482. The summed E-state index contributed by atoms with van der Waals surface area (Å²) in [5, 5.41) is 12.2. The van der Waals surface area contributed by atoms with E-state index in [4.69, 9.17) is 5.11 Å². The van der Waals surface area contributed by atoms with E-state index >= 15 is 0 Å². The maximum atomic E-state index is 12.4. The van der Waals surface area contributed by atoms with Crippen molar-refractivity contribution in [1.29, 1.82) is 0 Å². The Kier molecular flexibility index (Phi) is 2.89. The lowest BCUT2D eigenvalue weighted by Gasteiger charge is -2.03. The monoisotopic (exact) mass is 276 g/mol. The summed E-state index contributed by atoms with van der Waals surface area (Å²) in [6, 6.07) is 2.79. The molecule has 2 heterocycles. The topological polar surface area (TPSA) is 55.1 Å². The molecular weight excluding hydrogens is 269 g/mol. The number of carboxylic acid groups (broad SMARTS) is 1. The lowest BCUT2D eigenvalue weighted by Crippen LogP contribution is -2.16. The molecule has 0 fully saturated rings. The second kappa shape index (κ2) is 4.13. The van der Waals surface area contributed by atoms with Crippen LogP contribution in [0.5, 0.6) is 0 Å². The third-order valence-corrected chi connectivity index (χ3v) is 3.29. The molecule has 18 heavy (non-hydrogen) atoms. The lowest BCUT2D eigenvalue weighted by atomic mass is 10.2. The number of carboxylic acids is 1. The van der Waals surface area contributed by atoms with Crippen LogP contribution in [0.2, 0.25) is 0 Å². The molecule has 8 heteroatoms. The molecule has 0 saturated heterocycles. The highest BCUT2D eigenvalue weighted by molar-refractivity contribution is 7.17. The molecule has 96 valence electrons. The van der Waals surface area contributed by atoms with Crippen molar-refractivity contribution in [2.45, 2.75) is 13.2 Å². The minimum absolute atomic E-state index is 0.0611. The summed E-state index contributed by atoms with van der Waals surface area (Å²) >= 11 is 0.889. The predicted octanol–water partition coefficient (Wildman–Crippen LogP) is 3.09. The van der Waals surface area contributed by atoms with E-state index in [1.165, 1.54) is 19.1 Å². The van der Waals surface area contributed by atoms with Crippen LogP contribution < -0.4 is 0 Å². The highest BCUT2D eigenvalue weighted by Crippen LogP contribution is 2.31. The van der Waals surface area contributed by atoms with Gasteiger partial charge < -0.3 is 5.11 Å². The van der Waals surface area contributed by atoms with Crippen molar-refractivity contribution in [3.63, 3.8) is 0 Å². The number of hydrogen-bond donors (Lipinski definition) is 1. The molecular formula is C10H7F3N2O2S. The molecule has 0 aliphatic heterocycles. The summed E-state index contributed by atoms with van der Waals surface area (Å²) in [6.45, 7) is 1.49. The zero-order chi connectivity index (χ0) is 13.5. The van der Waals surface area contributed by atoms with E-state index in [1.54, 1.807) is 0 Å². The van der Waals surface area contributed by atoms with Gasteiger partial charge >= 0.3 is 12.3 Å². The highest BCUT2D eigenvalue weighted by Gasteiger charge is 2.32. The molecule has 0 radical (unpaired) electrons. The molecule has 2 aromatic heterocycles. The third-order valence-electron chi connectivity index (χ3n) is 2.21. The number of aryl methyl sites for hydroxylation is 1. The smallest absolute Gasteiger partial charge is 0.477 e. The predicted molar refractivity (Wildman–Crippen MR) is 58.5 cm³/mol. The summed E-state index contributed by atoms with van der Waals surface area (Å²) in [6.07, 6.45) is -3.70. The van der Waals surface area contributed by atoms with Crippen molar-refractivity contribution < 1.29 is 23.1 Å². The lowest BCUT2D eigenvalue weighted by molar-refractivity contribution is -0.212. The van der Waals surface area contributed by atoms with E-state index in [0.29, 0.717) is 10.4 Å². The van der Waals surface area contributed by atoms with Gasteiger partial charge in [0.05, 0.1) is 4.88 Å². The van der Waals surface area contributed by atoms with Crippen LogP contribution in [0, 0.1) is 6.92 Å². The zero-order valence-electron chi connectivity index (χ0n) is 9.02. The van der Waals surface area contributed by atoms with E-state index in [0.717, 1.165) is 17.5 Å². The quantitative estimate of drug-likeness (QED) is 0.917. The first-order chi connectivity index (χ1) is 8.29. The van der Waals surface area contributed by atoms with Crippen molar-refractivity contribution in [1.82, 2.24) is 9.78 Å². The number of halogens is 3. The summed E-state index contributed by atoms with van der Waals surface area (Å²) in [7, 11) is 0. The molecule has 0 spiro atoms. The number of rotatable bonds is 2. The largest absolute Gasteiger partial charge is 0.504 e. The van der Waals surface area contributed by atoms with Crippen LogP contribution in [-0.2, 0) is 6.30 Å². The maximum absolute atomic E-state index is 12.4. The van der Waals surface area contributed by atoms with Gasteiger partial charge in [0.2, 0.25) is 0 Å². The van der Waals surface area contributed by atoms with Gasteiger partial charge in [0.25, 0.3) is 0 Å². The van der Waals surface area contributed by atoms with Crippen LogP contribution in [0.3, 0.4) is 0 Å². The molecule has 0 unspecified atom stereocenters. The maximum Gasteiger partial charge on any atom is 0.504 e. The summed E-state index contributed by atoms with van der Waals surface area (Å²) in [4.78, 5) is 11.2. The van der Waals surface area contributed by atoms with E-state index in [1.807, 2.05) is 0 Å². The molecule has 0 saturated carbocycles. The van der Waals surface area contributed by atoms with Gasteiger partial charge in [0.1, 0.15) is 10.6 Å². The normalized spacial score (nSPS) is 11.8. The second-order valence-corrected chi connectivity index (χ2v) is 4.63. The zero-order valence-corrected chi connectivity index (χ0v) is 9.84. The van der Waals surface area contributed by atoms with Gasteiger partial charge in [-0.25, -0.2) is 4.79 Å². The molecule has 1 N–H and O–H groups in total. The summed E-state index contributed by atoms with van der Waals surface area (Å²) in [5.74, 6) is -1.11. The highest BCUT2D eigenvalue weighted by atomic mass is 32.1. The first-order valence-corrected chi connectivity index (χ1v) is 5.57. The fourth-order valence-corrected chi connectivity index (χ4v) is 2.31. The van der Waals surface area contributed by atoms with Crippen molar-refractivity contribution in [2.24, 2.45) is 0 Å². The van der Waals surface area contributed by atoms with E-state index in [-0.39, 0.29) is 15.3 Å². The number of carbonyl (C=O) groups is 1. The summed E-state index contributed by atoms with van der Waals surface area (Å²) < 4.78 is 37.2. The van der Waals surface area contributed by atoms with Crippen molar-refractivity contribution in [3.05, 3.63) is 28.8 Å². The number of thiophene rings is 1. The Morgan fingerprint density at radius 2 is 2.11 bits per heavy atom. The Morgan fingerprint density at radius 3 is 2.56 bits per heavy atom. The van der Waals surface area contributed by atoms with Crippen molar-refractivity contribution in [2.75, 3.05) is 0 Å². The minimum Gasteiger partial charge on any atom is -0.477 e. The first-order valence-electron chi connectivity index (χ1n) is 4.76. The standard InChI is InChI=1S/C10H7F3N2O2S/c1-5-4-15(10(11,12)13)14-8(5)6-2-3-7(18-6)9(16)17/h2-4H,1H3,(H,16,17). The fourth-order valence-electron chi connectivity index (χ4n) is 1.41. The molecule has 0 aliphatic carbocycles. The molecule has 2 rings (SSSR count). The number of aromatic carboxylic acids is 1. The average molecular weight is 276 g/mol. The van der Waals surface area contributed by atoms with E-state index < -0.39 is 12.3 Å². The SMILES string of the molecule is Cc1cn(C(F)(F)F)nc1-c1ccc(C(=O)O)s1. The molecule has 0 bridgehead atoms. The number of alkyl halides is 3.